The highest BCUT2D eigenvalue weighted by molar-refractivity contribution is 5.88. The first-order valence-electron chi connectivity index (χ1n) is 5.81. The molecule has 0 spiro atoms. The number of aromatic nitrogens is 1. The molecule has 1 aromatic heterocycles. The van der Waals surface area contributed by atoms with Crippen LogP contribution in [0.15, 0.2) is 42.6 Å². The molecule has 0 aliphatic carbocycles. The summed E-state index contributed by atoms with van der Waals surface area (Å²) < 4.78 is 0. The van der Waals surface area contributed by atoms with Crippen LogP contribution < -0.4 is 0 Å². The minimum atomic E-state index is 0.586. The van der Waals surface area contributed by atoms with Gasteiger partial charge in [-0.05, 0) is 43.2 Å². The molecule has 0 bridgehead atoms. The van der Waals surface area contributed by atoms with Gasteiger partial charge in [0.25, 0.3) is 0 Å². The number of nitriles is 1. The molecule has 0 amide bonds. The summed E-state index contributed by atoms with van der Waals surface area (Å²) in [5.41, 5.74) is 4.74. The quantitative estimate of drug-likeness (QED) is 0.742. The first kappa shape index (κ1) is 12.1. The van der Waals surface area contributed by atoms with Crippen molar-refractivity contribution >= 4 is 11.6 Å². The van der Waals surface area contributed by atoms with Gasteiger partial charge in [0.05, 0.1) is 11.3 Å². The lowest BCUT2D eigenvalue weighted by atomic mass is 10.0. The van der Waals surface area contributed by atoms with Gasteiger partial charge in [0, 0.05) is 6.20 Å². The highest BCUT2D eigenvalue weighted by Gasteiger charge is 2.03. The Hall–Kier alpha value is -2.40. The second-order valence-corrected chi connectivity index (χ2v) is 4.24. The molecule has 2 rings (SSSR count). The SMILES string of the molecule is Cc1ccc(C=C(C#N)c2ccccn2)c(C)c1. The molecule has 0 unspecified atom stereocenters. The third-order valence-electron chi connectivity index (χ3n) is 2.79. The fourth-order valence-corrected chi connectivity index (χ4v) is 1.83. The Bertz CT molecular complexity index is 619. The minimum absolute atomic E-state index is 0.586. The summed E-state index contributed by atoms with van der Waals surface area (Å²) >= 11 is 0. The Labute approximate surface area is 107 Å². The van der Waals surface area contributed by atoms with E-state index in [1.165, 1.54) is 11.1 Å². The van der Waals surface area contributed by atoms with Gasteiger partial charge in [-0.2, -0.15) is 5.26 Å². The Kier molecular flexibility index (Phi) is 3.54. The van der Waals surface area contributed by atoms with Gasteiger partial charge in [-0.1, -0.05) is 29.8 Å². The van der Waals surface area contributed by atoms with Crippen molar-refractivity contribution in [3.8, 4) is 6.07 Å². The van der Waals surface area contributed by atoms with Crippen LogP contribution in [-0.4, -0.2) is 4.98 Å². The number of hydrogen-bond acceptors (Lipinski definition) is 2. The second kappa shape index (κ2) is 5.29. The Morgan fingerprint density at radius 3 is 2.67 bits per heavy atom. The molecule has 0 N–H and O–H groups in total. The van der Waals surface area contributed by atoms with E-state index in [4.69, 9.17) is 0 Å². The average Bonchev–Trinajstić information content (AvgIpc) is 2.39. The molecule has 0 aliphatic rings. The largest absolute Gasteiger partial charge is 0.256 e. The van der Waals surface area contributed by atoms with Crippen molar-refractivity contribution < 1.29 is 0 Å². The van der Waals surface area contributed by atoms with Crippen LogP contribution in [0, 0.1) is 25.2 Å². The van der Waals surface area contributed by atoms with E-state index in [1.807, 2.05) is 43.3 Å². The number of allylic oxidation sites excluding steroid dienone is 1. The summed E-state index contributed by atoms with van der Waals surface area (Å²) in [5.74, 6) is 0. The third kappa shape index (κ3) is 2.64. The Balaban J connectivity index is 2.45. The van der Waals surface area contributed by atoms with Gasteiger partial charge in [-0.25, -0.2) is 0 Å². The lowest BCUT2D eigenvalue weighted by Crippen LogP contribution is -1.88. The predicted molar refractivity (Wildman–Crippen MR) is 73.6 cm³/mol. The number of rotatable bonds is 2. The molecular weight excluding hydrogens is 220 g/mol. The lowest BCUT2D eigenvalue weighted by Gasteiger charge is -2.03. The molecule has 0 saturated heterocycles. The van der Waals surface area contributed by atoms with Crippen LogP contribution in [0.25, 0.3) is 11.6 Å². The maximum absolute atomic E-state index is 9.23. The lowest BCUT2D eigenvalue weighted by molar-refractivity contribution is 1.28. The zero-order valence-electron chi connectivity index (χ0n) is 10.5. The summed E-state index contributed by atoms with van der Waals surface area (Å²) in [6.45, 7) is 4.11. The van der Waals surface area contributed by atoms with Crippen molar-refractivity contribution in [3.05, 3.63) is 65.0 Å². The zero-order valence-corrected chi connectivity index (χ0v) is 10.5. The van der Waals surface area contributed by atoms with E-state index in [0.29, 0.717) is 11.3 Å². The molecule has 0 atom stereocenters. The van der Waals surface area contributed by atoms with Crippen LogP contribution in [-0.2, 0) is 0 Å². The summed E-state index contributed by atoms with van der Waals surface area (Å²) in [5, 5.41) is 9.23. The summed E-state index contributed by atoms with van der Waals surface area (Å²) in [4.78, 5) is 4.20. The Morgan fingerprint density at radius 2 is 2.06 bits per heavy atom. The number of hydrogen-bond donors (Lipinski definition) is 0. The van der Waals surface area contributed by atoms with Crippen molar-refractivity contribution in [2.75, 3.05) is 0 Å². The molecule has 1 heterocycles. The molecule has 0 saturated carbocycles. The molecule has 18 heavy (non-hydrogen) atoms. The average molecular weight is 234 g/mol. The van der Waals surface area contributed by atoms with Gasteiger partial charge in [-0.3, -0.25) is 4.98 Å². The first-order chi connectivity index (χ1) is 8.70. The van der Waals surface area contributed by atoms with Crippen LogP contribution in [0.4, 0.5) is 0 Å². The predicted octanol–water partition coefficient (Wildman–Crippen LogP) is 3.76. The van der Waals surface area contributed by atoms with Crippen molar-refractivity contribution in [1.82, 2.24) is 4.98 Å². The molecule has 0 fully saturated rings. The molecule has 2 heteroatoms. The van der Waals surface area contributed by atoms with Crippen LogP contribution in [0.2, 0.25) is 0 Å². The van der Waals surface area contributed by atoms with E-state index in [2.05, 4.69) is 24.0 Å². The van der Waals surface area contributed by atoms with E-state index in [-0.39, 0.29) is 0 Å². The molecule has 1 aromatic carbocycles. The maximum atomic E-state index is 9.23. The van der Waals surface area contributed by atoms with Crippen molar-refractivity contribution in [2.45, 2.75) is 13.8 Å². The summed E-state index contributed by atoms with van der Waals surface area (Å²) in [6.07, 6.45) is 3.58. The number of nitrogens with zero attached hydrogens (tertiary/aromatic N) is 2. The van der Waals surface area contributed by atoms with Gasteiger partial charge >= 0.3 is 0 Å². The van der Waals surface area contributed by atoms with Gasteiger partial charge in [0.2, 0.25) is 0 Å². The van der Waals surface area contributed by atoms with E-state index in [1.54, 1.807) is 6.20 Å². The van der Waals surface area contributed by atoms with Gasteiger partial charge in [0.15, 0.2) is 0 Å². The van der Waals surface area contributed by atoms with Gasteiger partial charge in [-0.15, -0.1) is 0 Å². The molecule has 2 aromatic rings. The summed E-state index contributed by atoms with van der Waals surface area (Å²) in [6, 6.07) is 14.0. The van der Waals surface area contributed by atoms with Gasteiger partial charge in [0.1, 0.15) is 6.07 Å². The van der Waals surface area contributed by atoms with Crippen LogP contribution >= 0.6 is 0 Å². The monoisotopic (exact) mass is 234 g/mol. The third-order valence-corrected chi connectivity index (χ3v) is 2.79. The van der Waals surface area contributed by atoms with Crippen molar-refractivity contribution in [1.29, 1.82) is 5.26 Å². The normalized spacial score (nSPS) is 11.1. The number of pyridine rings is 1. The van der Waals surface area contributed by atoms with Gasteiger partial charge < -0.3 is 0 Å². The molecular formula is C16H14N2. The van der Waals surface area contributed by atoms with E-state index >= 15 is 0 Å². The zero-order chi connectivity index (χ0) is 13.0. The van der Waals surface area contributed by atoms with E-state index in [9.17, 15) is 5.26 Å². The molecule has 88 valence electrons. The van der Waals surface area contributed by atoms with Crippen LogP contribution in [0.3, 0.4) is 0 Å². The summed E-state index contributed by atoms with van der Waals surface area (Å²) in [7, 11) is 0. The topological polar surface area (TPSA) is 36.7 Å². The van der Waals surface area contributed by atoms with Crippen LogP contribution in [0.5, 0.6) is 0 Å². The standard InChI is InChI=1S/C16H14N2/c1-12-6-7-14(13(2)9-12)10-15(11-17)16-5-3-4-8-18-16/h3-10H,1-2H3. The number of aryl methyl sites for hydroxylation is 2. The fraction of sp³-hybridized carbons (Fsp3) is 0.125. The highest BCUT2D eigenvalue weighted by atomic mass is 14.7. The smallest absolute Gasteiger partial charge is 0.101 e. The maximum Gasteiger partial charge on any atom is 0.101 e. The fourth-order valence-electron chi connectivity index (χ4n) is 1.83. The number of benzene rings is 1. The van der Waals surface area contributed by atoms with E-state index in [0.717, 1.165) is 5.56 Å². The highest BCUT2D eigenvalue weighted by Crippen LogP contribution is 2.18. The molecule has 2 nitrogen and oxygen atoms in total. The van der Waals surface area contributed by atoms with E-state index < -0.39 is 0 Å². The Morgan fingerprint density at radius 1 is 1.22 bits per heavy atom. The molecule has 0 radical (unpaired) electrons. The molecule has 0 aliphatic heterocycles. The minimum Gasteiger partial charge on any atom is -0.256 e. The van der Waals surface area contributed by atoms with Crippen molar-refractivity contribution in [2.24, 2.45) is 0 Å². The van der Waals surface area contributed by atoms with Crippen LogP contribution in [0.1, 0.15) is 22.4 Å². The van der Waals surface area contributed by atoms with Crippen molar-refractivity contribution in [3.63, 3.8) is 0 Å². The first-order valence-corrected chi connectivity index (χ1v) is 5.81. The second-order valence-electron chi connectivity index (χ2n) is 4.24.